The second kappa shape index (κ2) is 13.6. The molecule has 0 aromatic carbocycles. The summed E-state index contributed by atoms with van der Waals surface area (Å²) in [6.45, 7) is 2.12. The average Bonchev–Trinajstić information content (AvgIpc) is 3.39. The van der Waals surface area contributed by atoms with Crippen LogP contribution in [0.3, 0.4) is 0 Å². The Kier molecular flexibility index (Phi) is 11.7. The van der Waals surface area contributed by atoms with Crippen LogP contribution >= 0.6 is 0 Å². The van der Waals surface area contributed by atoms with Gasteiger partial charge in [0.2, 0.25) is 0 Å². The first-order chi connectivity index (χ1) is 12.2. The Hall–Kier alpha value is -1.65. The zero-order valence-corrected chi connectivity index (χ0v) is 15.5. The summed E-state index contributed by atoms with van der Waals surface area (Å²) < 4.78 is 10.1. The third-order valence-electron chi connectivity index (χ3n) is 3.92. The number of esters is 1. The highest BCUT2D eigenvalue weighted by Crippen LogP contribution is 2.29. The van der Waals surface area contributed by atoms with Crippen molar-refractivity contribution in [3.63, 3.8) is 0 Å². The number of carbonyl (C=O) groups is 1. The summed E-state index contributed by atoms with van der Waals surface area (Å²) in [5.41, 5.74) is 0. The highest BCUT2D eigenvalue weighted by Gasteiger charge is 2.42. The summed E-state index contributed by atoms with van der Waals surface area (Å²) in [5, 5.41) is 10.0. The molecule has 0 saturated carbocycles. The molecule has 0 spiro atoms. The minimum atomic E-state index is -0.536. The van der Waals surface area contributed by atoms with E-state index in [2.05, 4.69) is 36.0 Å². The lowest BCUT2D eigenvalue weighted by Gasteiger charge is -1.99. The number of hydrogen-bond donors (Lipinski definition) is 1. The van der Waals surface area contributed by atoms with E-state index in [1.54, 1.807) is 6.08 Å². The van der Waals surface area contributed by atoms with Crippen LogP contribution in [0.2, 0.25) is 0 Å². The van der Waals surface area contributed by atoms with Crippen LogP contribution in [0.5, 0.6) is 0 Å². The number of carbonyl (C=O) groups excluding carboxylic acids is 1. The minimum absolute atomic E-state index is 0.0730. The maximum Gasteiger partial charge on any atom is 0.305 e. The van der Waals surface area contributed by atoms with Gasteiger partial charge in [-0.15, -0.1) is 0 Å². The Morgan fingerprint density at radius 1 is 1.12 bits per heavy atom. The third kappa shape index (κ3) is 10.7. The third-order valence-corrected chi connectivity index (χ3v) is 3.92. The monoisotopic (exact) mass is 348 g/mol. The zero-order valence-electron chi connectivity index (χ0n) is 15.5. The second-order valence-electron chi connectivity index (χ2n) is 6.06. The molecular weight excluding hydrogens is 316 g/mol. The Morgan fingerprint density at radius 3 is 2.60 bits per heavy atom. The Morgan fingerprint density at radius 2 is 1.84 bits per heavy atom. The lowest BCUT2D eigenvalue weighted by atomic mass is 10.1. The predicted molar refractivity (Wildman–Crippen MR) is 101 cm³/mol. The molecule has 0 unspecified atom stereocenters. The zero-order chi connectivity index (χ0) is 18.3. The van der Waals surface area contributed by atoms with Crippen molar-refractivity contribution >= 4 is 5.97 Å². The fraction of sp³-hybridized carbons (Fsp3) is 0.571. The molecule has 1 heterocycles. The van der Waals surface area contributed by atoms with Crippen molar-refractivity contribution in [1.82, 2.24) is 0 Å². The first-order valence-electron chi connectivity index (χ1n) is 9.21. The predicted octanol–water partition coefficient (Wildman–Crippen LogP) is 4.26. The van der Waals surface area contributed by atoms with Gasteiger partial charge in [-0.1, -0.05) is 55.5 Å². The molecule has 1 aliphatic rings. The summed E-state index contributed by atoms with van der Waals surface area (Å²) in [6, 6.07) is 0. The summed E-state index contributed by atoms with van der Waals surface area (Å²) in [4.78, 5) is 10.9. The first kappa shape index (κ1) is 21.4. The molecule has 4 nitrogen and oxygen atoms in total. The van der Waals surface area contributed by atoms with Crippen LogP contribution in [-0.4, -0.2) is 36.5 Å². The van der Waals surface area contributed by atoms with Gasteiger partial charge in [-0.25, -0.2) is 0 Å². The number of aliphatic hydroxyl groups excluding tert-OH is 1. The standard InChI is InChI=1S/C21H32O4/c1-3-4-5-6-10-13-16-19-21(25-19)18(22)15-12-9-7-8-11-14-17-20(23)24-2/h4-5,7-8,10,12-13,15,18-19,21-22H,3,6,9,11,14,16-17H2,1-2H3/b5-4-,8-7-,13-10-,15-12-/t18-,19-,21-/m0/s1. The summed E-state index contributed by atoms with van der Waals surface area (Å²) in [7, 11) is 1.41. The Bertz CT molecular complexity index is 476. The number of aliphatic hydroxyl groups is 1. The Labute approximate surface area is 151 Å². The van der Waals surface area contributed by atoms with Crippen LogP contribution in [0, 0.1) is 0 Å². The molecule has 0 aromatic rings. The lowest BCUT2D eigenvalue weighted by Crippen LogP contribution is -2.13. The first-order valence-corrected chi connectivity index (χ1v) is 9.21. The van der Waals surface area contributed by atoms with E-state index in [1.165, 1.54) is 7.11 Å². The van der Waals surface area contributed by atoms with Gasteiger partial charge < -0.3 is 14.6 Å². The maximum absolute atomic E-state index is 10.9. The van der Waals surface area contributed by atoms with E-state index in [0.29, 0.717) is 6.42 Å². The number of allylic oxidation sites excluding steroid dienone is 6. The van der Waals surface area contributed by atoms with Gasteiger partial charge in [0.15, 0.2) is 0 Å². The molecule has 0 bridgehead atoms. The molecule has 1 rings (SSSR count). The molecule has 0 radical (unpaired) electrons. The Balaban J connectivity index is 2.06. The molecule has 1 fully saturated rings. The smallest absolute Gasteiger partial charge is 0.305 e. The second-order valence-corrected chi connectivity index (χ2v) is 6.06. The molecular formula is C21H32O4. The molecule has 0 aliphatic carbocycles. The van der Waals surface area contributed by atoms with E-state index >= 15 is 0 Å². The normalized spacial score (nSPS) is 21.7. The number of unbranched alkanes of at least 4 members (excludes halogenated alkanes) is 1. The van der Waals surface area contributed by atoms with Crippen molar-refractivity contribution in [2.75, 3.05) is 7.11 Å². The fourth-order valence-electron chi connectivity index (χ4n) is 2.40. The van der Waals surface area contributed by atoms with Crippen molar-refractivity contribution in [2.45, 2.75) is 70.2 Å². The highest BCUT2D eigenvalue weighted by atomic mass is 16.6. The molecule has 4 heteroatoms. The molecule has 140 valence electrons. The van der Waals surface area contributed by atoms with Gasteiger partial charge in [0.05, 0.1) is 13.2 Å². The summed E-state index contributed by atoms with van der Waals surface area (Å²) in [6.07, 6.45) is 21.7. The number of methoxy groups -OCH3 is 1. The number of rotatable bonds is 13. The molecule has 0 amide bonds. The maximum atomic E-state index is 10.9. The number of epoxide rings is 1. The van der Waals surface area contributed by atoms with E-state index < -0.39 is 6.10 Å². The molecule has 1 saturated heterocycles. The van der Waals surface area contributed by atoms with Crippen LogP contribution in [0.25, 0.3) is 0 Å². The quantitative estimate of drug-likeness (QED) is 0.234. The van der Waals surface area contributed by atoms with E-state index in [1.807, 2.05) is 18.2 Å². The van der Waals surface area contributed by atoms with Crippen LogP contribution in [-0.2, 0) is 14.3 Å². The topological polar surface area (TPSA) is 59.1 Å². The van der Waals surface area contributed by atoms with Crippen molar-refractivity contribution in [3.05, 3.63) is 48.6 Å². The average molecular weight is 348 g/mol. The molecule has 1 aliphatic heterocycles. The number of ether oxygens (including phenoxy) is 2. The van der Waals surface area contributed by atoms with Crippen molar-refractivity contribution in [1.29, 1.82) is 0 Å². The molecule has 25 heavy (non-hydrogen) atoms. The number of hydrogen-bond acceptors (Lipinski definition) is 4. The van der Waals surface area contributed by atoms with Crippen LogP contribution in [0.15, 0.2) is 48.6 Å². The van der Waals surface area contributed by atoms with E-state index in [9.17, 15) is 9.90 Å². The molecule has 3 atom stereocenters. The lowest BCUT2D eigenvalue weighted by molar-refractivity contribution is -0.140. The van der Waals surface area contributed by atoms with Gasteiger partial charge >= 0.3 is 5.97 Å². The van der Waals surface area contributed by atoms with Crippen LogP contribution in [0.4, 0.5) is 0 Å². The van der Waals surface area contributed by atoms with Crippen LogP contribution < -0.4 is 0 Å². The summed E-state index contributed by atoms with van der Waals surface area (Å²) in [5.74, 6) is -0.164. The molecule has 0 aromatic heterocycles. The van der Waals surface area contributed by atoms with E-state index in [-0.39, 0.29) is 18.2 Å². The highest BCUT2D eigenvalue weighted by molar-refractivity contribution is 5.69. The van der Waals surface area contributed by atoms with Gasteiger partial charge in [0.25, 0.3) is 0 Å². The van der Waals surface area contributed by atoms with Gasteiger partial charge in [-0.2, -0.15) is 0 Å². The molecule has 1 N–H and O–H groups in total. The minimum Gasteiger partial charge on any atom is -0.469 e. The van der Waals surface area contributed by atoms with Gasteiger partial charge in [-0.3, -0.25) is 4.79 Å². The van der Waals surface area contributed by atoms with E-state index in [4.69, 9.17) is 4.74 Å². The van der Waals surface area contributed by atoms with Gasteiger partial charge in [0.1, 0.15) is 12.2 Å². The van der Waals surface area contributed by atoms with Gasteiger partial charge in [0, 0.05) is 6.42 Å². The largest absolute Gasteiger partial charge is 0.469 e. The summed E-state index contributed by atoms with van der Waals surface area (Å²) >= 11 is 0. The van der Waals surface area contributed by atoms with Crippen molar-refractivity contribution < 1.29 is 19.4 Å². The fourth-order valence-corrected chi connectivity index (χ4v) is 2.40. The van der Waals surface area contributed by atoms with Gasteiger partial charge in [-0.05, 0) is 38.5 Å². The van der Waals surface area contributed by atoms with Crippen LogP contribution in [0.1, 0.15) is 51.9 Å². The SMILES string of the molecule is CC/C=C\C/C=C\C[C@@H]1O[C@H]1[C@@H](O)/C=C\C/C=C\CCCC(=O)OC. The van der Waals surface area contributed by atoms with E-state index in [0.717, 1.165) is 38.5 Å². The van der Waals surface area contributed by atoms with Crippen molar-refractivity contribution in [2.24, 2.45) is 0 Å². The van der Waals surface area contributed by atoms with Crippen molar-refractivity contribution in [3.8, 4) is 0 Å².